The van der Waals surface area contributed by atoms with Gasteiger partial charge in [-0.2, -0.15) is 9.40 Å². The molecule has 0 atom stereocenters. The Morgan fingerprint density at radius 3 is 2.50 bits per heavy atom. The van der Waals surface area contributed by atoms with Gasteiger partial charge in [-0.25, -0.2) is 17.2 Å². The van der Waals surface area contributed by atoms with Crippen molar-refractivity contribution in [1.29, 1.82) is 0 Å². The largest absolute Gasteiger partial charge is 0.352 e. The van der Waals surface area contributed by atoms with Gasteiger partial charge in [0, 0.05) is 26.2 Å². The molecule has 26 heavy (non-hydrogen) atoms. The third-order valence-corrected chi connectivity index (χ3v) is 6.79. The van der Waals surface area contributed by atoms with E-state index in [1.54, 1.807) is 0 Å². The van der Waals surface area contributed by atoms with Crippen molar-refractivity contribution in [3.05, 3.63) is 47.2 Å². The van der Waals surface area contributed by atoms with Crippen molar-refractivity contribution in [3.63, 3.8) is 0 Å². The average molecular weight is 380 g/mol. The van der Waals surface area contributed by atoms with Gasteiger partial charge < -0.3 is 4.90 Å². The summed E-state index contributed by atoms with van der Waals surface area (Å²) in [5, 5.41) is 8.50. The maximum Gasteiger partial charge on any atom is 0.246 e. The van der Waals surface area contributed by atoms with E-state index in [1.807, 2.05) is 11.0 Å². The second-order valence-electron chi connectivity index (χ2n) is 6.49. The van der Waals surface area contributed by atoms with E-state index in [1.165, 1.54) is 9.87 Å². The van der Waals surface area contributed by atoms with Crippen LogP contribution in [0.2, 0.25) is 0 Å². The lowest BCUT2D eigenvalue weighted by Gasteiger charge is -2.34. The number of hydrogen-bond donors (Lipinski definition) is 0. The van der Waals surface area contributed by atoms with Gasteiger partial charge in [0.05, 0.1) is 5.69 Å². The minimum absolute atomic E-state index is 0.178. The van der Waals surface area contributed by atoms with Gasteiger partial charge in [0.15, 0.2) is 5.82 Å². The predicted octanol–water partition coefficient (Wildman–Crippen LogP) is 1.75. The Kier molecular flexibility index (Phi) is 4.36. The Morgan fingerprint density at radius 2 is 1.73 bits per heavy atom. The van der Waals surface area contributed by atoms with Crippen LogP contribution in [0.1, 0.15) is 17.7 Å². The number of piperazine rings is 1. The molecule has 1 fully saturated rings. The fourth-order valence-corrected chi connectivity index (χ4v) is 4.94. The summed E-state index contributed by atoms with van der Waals surface area (Å²) < 4.78 is 53.7. The first-order valence-corrected chi connectivity index (χ1v) is 9.95. The average Bonchev–Trinajstić information content (AvgIpc) is 3.11. The fraction of sp³-hybridized carbons (Fsp3) is 0.412. The zero-order valence-electron chi connectivity index (χ0n) is 14.0. The topological polar surface area (TPSA) is 66.4 Å². The minimum Gasteiger partial charge on any atom is -0.352 e. The summed E-state index contributed by atoms with van der Waals surface area (Å²) in [4.78, 5) is 1.35. The molecule has 0 saturated carbocycles. The molecule has 0 unspecified atom stereocenters. The van der Waals surface area contributed by atoms with Gasteiger partial charge in [0.1, 0.15) is 16.5 Å². The van der Waals surface area contributed by atoms with E-state index in [2.05, 4.69) is 10.2 Å². The molecule has 1 aromatic heterocycles. The first-order valence-electron chi connectivity index (χ1n) is 8.51. The number of halogens is 2. The maximum absolute atomic E-state index is 13.9. The molecule has 6 nitrogen and oxygen atoms in total. The molecule has 1 aliphatic carbocycles. The molecule has 9 heteroatoms. The van der Waals surface area contributed by atoms with Crippen LogP contribution in [0.5, 0.6) is 0 Å². The third kappa shape index (κ3) is 3.05. The molecule has 1 aliphatic heterocycles. The number of nitrogens with zero attached hydrogens (tertiary/aromatic N) is 4. The summed E-state index contributed by atoms with van der Waals surface area (Å²) in [7, 11) is -4.07. The highest BCUT2D eigenvalue weighted by Crippen LogP contribution is 2.25. The number of aryl methyl sites for hydroxylation is 2. The number of rotatable bonds is 3. The van der Waals surface area contributed by atoms with Gasteiger partial charge in [-0.3, -0.25) is 0 Å². The molecular formula is C17H18F2N4O2S. The van der Waals surface area contributed by atoms with E-state index in [0.717, 1.165) is 49.0 Å². The van der Waals surface area contributed by atoms with E-state index in [9.17, 15) is 17.2 Å². The molecule has 138 valence electrons. The Hall–Kier alpha value is -2.13. The van der Waals surface area contributed by atoms with Gasteiger partial charge in [0.2, 0.25) is 10.0 Å². The fourth-order valence-electron chi connectivity index (χ4n) is 3.44. The van der Waals surface area contributed by atoms with Crippen LogP contribution in [-0.2, 0) is 22.9 Å². The quantitative estimate of drug-likeness (QED) is 0.812. The normalized spacial score (nSPS) is 18.2. The predicted molar refractivity (Wildman–Crippen MR) is 91.4 cm³/mol. The van der Waals surface area contributed by atoms with Crippen LogP contribution < -0.4 is 4.90 Å². The Bertz CT molecular complexity index is 944. The van der Waals surface area contributed by atoms with E-state index in [-0.39, 0.29) is 13.1 Å². The SMILES string of the molecule is O=S(=O)(c1cc(F)ccc1F)N1CCN(c2cc3c(nn2)CCC3)CC1. The molecule has 0 amide bonds. The summed E-state index contributed by atoms with van der Waals surface area (Å²) in [6.07, 6.45) is 3.03. The van der Waals surface area contributed by atoms with Crippen LogP contribution in [0.25, 0.3) is 0 Å². The molecule has 0 radical (unpaired) electrons. The molecule has 2 heterocycles. The van der Waals surface area contributed by atoms with E-state index in [0.29, 0.717) is 13.1 Å². The third-order valence-electron chi connectivity index (χ3n) is 4.88. The Balaban J connectivity index is 1.50. The summed E-state index contributed by atoms with van der Waals surface area (Å²) in [5.41, 5.74) is 2.24. The summed E-state index contributed by atoms with van der Waals surface area (Å²) in [5.74, 6) is -0.991. The highest BCUT2D eigenvalue weighted by Gasteiger charge is 2.31. The lowest BCUT2D eigenvalue weighted by molar-refractivity contribution is 0.380. The second-order valence-corrected chi connectivity index (χ2v) is 8.40. The number of sulfonamides is 1. The zero-order chi connectivity index (χ0) is 18.3. The van der Waals surface area contributed by atoms with Crippen LogP contribution in [0.3, 0.4) is 0 Å². The number of hydrogen-bond acceptors (Lipinski definition) is 5. The van der Waals surface area contributed by atoms with Gasteiger partial charge in [-0.15, -0.1) is 5.10 Å². The number of aromatic nitrogens is 2. The van der Waals surface area contributed by atoms with Crippen LogP contribution in [0, 0.1) is 11.6 Å². The minimum atomic E-state index is -4.07. The lowest BCUT2D eigenvalue weighted by Crippen LogP contribution is -2.49. The summed E-state index contributed by atoms with van der Waals surface area (Å²) in [6, 6.07) is 4.48. The van der Waals surface area contributed by atoms with Crippen molar-refractivity contribution >= 4 is 15.8 Å². The van der Waals surface area contributed by atoms with Crippen molar-refractivity contribution in [3.8, 4) is 0 Å². The summed E-state index contributed by atoms with van der Waals surface area (Å²) in [6.45, 7) is 1.20. The van der Waals surface area contributed by atoms with Crippen LogP contribution in [0.15, 0.2) is 29.2 Å². The molecule has 2 aliphatic rings. The molecule has 1 saturated heterocycles. The van der Waals surface area contributed by atoms with Crippen LogP contribution in [-0.4, -0.2) is 49.1 Å². The highest BCUT2D eigenvalue weighted by atomic mass is 32.2. The molecule has 1 aromatic carbocycles. The van der Waals surface area contributed by atoms with Crippen LogP contribution >= 0.6 is 0 Å². The monoisotopic (exact) mass is 380 g/mol. The molecule has 0 N–H and O–H groups in total. The van der Waals surface area contributed by atoms with Crippen molar-refractivity contribution in [1.82, 2.24) is 14.5 Å². The summed E-state index contributed by atoms with van der Waals surface area (Å²) >= 11 is 0. The van der Waals surface area contributed by atoms with E-state index < -0.39 is 26.6 Å². The van der Waals surface area contributed by atoms with Crippen molar-refractivity contribution in [2.45, 2.75) is 24.2 Å². The zero-order valence-corrected chi connectivity index (χ0v) is 14.8. The van der Waals surface area contributed by atoms with Gasteiger partial charge in [-0.05, 0) is 49.1 Å². The highest BCUT2D eigenvalue weighted by molar-refractivity contribution is 7.89. The molecule has 0 spiro atoms. The Morgan fingerprint density at radius 1 is 0.962 bits per heavy atom. The van der Waals surface area contributed by atoms with Crippen LogP contribution in [0.4, 0.5) is 14.6 Å². The van der Waals surface area contributed by atoms with Gasteiger partial charge in [-0.1, -0.05) is 0 Å². The molecule has 2 aromatic rings. The van der Waals surface area contributed by atoms with E-state index in [4.69, 9.17) is 0 Å². The maximum atomic E-state index is 13.9. The number of fused-ring (bicyclic) bond motifs is 1. The van der Waals surface area contributed by atoms with Crippen molar-refractivity contribution in [2.75, 3.05) is 31.1 Å². The molecule has 0 bridgehead atoms. The van der Waals surface area contributed by atoms with Gasteiger partial charge in [0.25, 0.3) is 0 Å². The molecular weight excluding hydrogens is 362 g/mol. The van der Waals surface area contributed by atoms with Crippen molar-refractivity contribution in [2.24, 2.45) is 0 Å². The second kappa shape index (κ2) is 6.55. The standard InChI is InChI=1S/C17H18F2N4O2S/c18-13-4-5-14(19)16(11-13)26(24,25)23-8-6-22(7-9-23)17-10-12-2-1-3-15(12)20-21-17/h4-5,10-11H,1-3,6-9H2. The number of benzene rings is 1. The van der Waals surface area contributed by atoms with Gasteiger partial charge >= 0.3 is 0 Å². The van der Waals surface area contributed by atoms with E-state index >= 15 is 0 Å². The Labute approximate surface area is 150 Å². The first-order chi connectivity index (χ1) is 12.4. The first kappa shape index (κ1) is 17.3. The van der Waals surface area contributed by atoms with Crippen molar-refractivity contribution < 1.29 is 17.2 Å². The number of anilines is 1. The smallest absolute Gasteiger partial charge is 0.246 e. The lowest BCUT2D eigenvalue weighted by atomic mass is 10.2. The molecule has 4 rings (SSSR count).